The van der Waals surface area contributed by atoms with Gasteiger partial charge in [0.1, 0.15) is 29.2 Å². The molecule has 0 aliphatic heterocycles. The van der Waals surface area contributed by atoms with Crippen LogP contribution in [0.4, 0.5) is 11.6 Å². The fraction of sp³-hybridized carbons (Fsp3) is 0.182. The highest BCUT2D eigenvalue weighted by molar-refractivity contribution is 7.90. The van der Waals surface area contributed by atoms with Gasteiger partial charge in [0.25, 0.3) is 20.0 Å². The summed E-state index contributed by atoms with van der Waals surface area (Å²) in [7, 11) is -8.23. The minimum absolute atomic E-state index is 0.0195. The van der Waals surface area contributed by atoms with Crippen LogP contribution in [0.3, 0.4) is 0 Å². The Bertz CT molecular complexity index is 3270. The average molecular weight is 939 g/mol. The maximum Gasteiger partial charge on any atom is 0.270 e. The second-order valence-electron chi connectivity index (χ2n) is 13.6. The smallest absolute Gasteiger partial charge is 0.270 e. The SMILES string of the molecule is C/C=N/Nc1nc(-c2ccc(C)o2)nc2c1cc(C(C)=O)n2S(=O)(=O)c1ccccc1.CC(=O)c1cc2c(NN)nc(-c3ccc(C)o3)nc2n1S(=O)(=O)c1ccccc1.CC=O.CCO. The van der Waals surface area contributed by atoms with Gasteiger partial charge in [-0.1, -0.05) is 36.4 Å². The van der Waals surface area contributed by atoms with Crippen molar-refractivity contribution < 1.29 is 45.2 Å². The zero-order chi connectivity index (χ0) is 48.3. The third-order valence-corrected chi connectivity index (χ3v) is 12.3. The van der Waals surface area contributed by atoms with Crippen LogP contribution in [-0.4, -0.2) is 80.5 Å². The number of nitrogens with one attached hydrogen (secondary N) is 2. The number of nitrogens with zero attached hydrogens (tertiary/aromatic N) is 7. The third-order valence-electron chi connectivity index (χ3n) is 8.88. The maximum atomic E-state index is 13.5. The number of nitrogen functional groups attached to an aromatic ring is 1. The van der Waals surface area contributed by atoms with Crippen molar-refractivity contribution in [1.82, 2.24) is 27.9 Å². The Morgan fingerprint density at radius 2 is 1.08 bits per heavy atom. The number of aromatic nitrogens is 6. The molecule has 0 radical (unpaired) electrons. The second kappa shape index (κ2) is 21.3. The lowest BCUT2D eigenvalue weighted by atomic mass is 10.3. The molecular weight excluding hydrogens is 893 g/mol. The van der Waals surface area contributed by atoms with Crippen LogP contribution in [0.25, 0.3) is 45.2 Å². The number of aliphatic hydroxyl groups is 1. The number of fused-ring (bicyclic) bond motifs is 2. The highest BCUT2D eigenvalue weighted by Crippen LogP contribution is 2.33. The maximum absolute atomic E-state index is 13.5. The molecule has 0 amide bonds. The monoisotopic (exact) mass is 938 g/mol. The molecule has 6 aromatic heterocycles. The number of nitrogens with two attached hydrogens (primary N) is 1. The highest BCUT2D eigenvalue weighted by atomic mass is 32.2. The van der Waals surface area contributed by atoms with Crippen LogP contribution in [0.1, 0.15) is 67.1 Å². The Morgan fingerprint density at radius 3 is 1.41 bits per heavy atom. The van der Waals surface area contributed by atoms with Crippen molar-refractivity contribution in [3.05, 3.63) is 120 Å². The Labute approximate surface area is 379 Å². The van der Waals surface area contributed by atoms with Crippen LogP contribution in [0.5, 0.6) is 0 Å². The van der Waals surface area contributed by atoms with E-state index in [9.17, 15) is 26.4 Å². The van der Waals surface area contributed by atoms with Crippen LogP contribution >= 0.6 is 0 Å². The van der Waals surface area contributed by atoms with Gasteiger partial charge in [0, 0.05) is 26.7 Å². The second-order valence-corrected chi connectivity index (χ2v) is 17.2. The predicted molar refractivity (Wildman–Crippen MR) is 248 cm³/mol. The van der Waals surface area contributed by atoms with E-state index < -0.39 is 31.6 Å². The number of aliphatic hydroxyl groups excluding tert-OH is 1. The number of Topliss-reactive ketones (excluding diaryl/α,β-unsaturated/α-hetero) is 2. The molecular formula is C44H46N10O10S2. The van der Waals surface area contributed by atoms with E-state index in [1.165, 1.54) is 63.4 Å². The topological polar surface area (TPSA) is 290 Å². The van der Waals surface area contributed by atoms with Crippen molar-refractivity contribution >= 4 is 77.8 Å². The van der Waals surface area contributed by atoms with Gasteiger partial charge < -0.3 is 24.2 Å². The molecule has 344 valence electrons. The van der Waals surface area contributed by atoms with E-state index in [2.05, 4.69) is 35.9 Å². The van der Waals surface area contributed by atoms with Crippen molar-refractivity contribution in [2.45, 2.75) is 58.3 Å². The van der Waals surface area contributed by atoms with E-state index >= 15 is 0 Å². The Balaban J connectivity index is 0.000000222. The predicted octanol–water partition coefficient (Wildman–Crippen LogP) is 6.79. The summed E-state index contributed by atoms with van der Waals surface area (Å²) in [4.78, 5) is 51.1. The Kier molecular flexibility index (Phi) is 16.0. The molecule has 0 fully saturated rings. The summed E-state index contributed by atoms with van der Waals surface area (Å²) >= 11 is 0. The molecule has 5 N–H and O–H groups in total. The summed E-state index contributed by atoms with van der Waals surface area (Å²) in [6.45, 7) is 11.2. The molecule has 0 saturated heterocycles. The van der Waals surface area contributed by atoms with Gasteiger partial charge in [-0.3, -0.25) is 15.0 Å². The zero-order valence-electron chi connectivity index (χ0n) is 36.7. The summed E-state index contributed by atoms with van der Waals surface area (Å²) in [6.07, 6.45) is 2.27. The van der Waals surface area contributed by atoms with Gasteiger partial charge in [-0.15, -0.1) is 0 Å². The number of benzene rings is 2. The molecule has 20 nitrogen and oxygen atoms in total. The first-order valence-electron chi connectivity index (χ1n) is 19.8. The largest absolute Gasteiger partial charge is 0.458 e. The lowest BCUT2D eigenvalue weighted by molar-refractivity contribution is -0.106. The number of carbonyl (C=O) groups excluding carboxylic acids is 3. The lowest BCUT2D eigenvalue weighted by Gasteiger charge is -2.11. The number of carbonyl (C=O) groups is 3. The van der Waals surface area contributed by atoms with Crippen molar-refractivity contribution in [2.24, 2.45) is 10.9 Å². The standard InChI is InChI=1S/C21H19N5O4S.C19H17N5O4S.C2H6O.C2H4O/c1-4-22-25-19-16-12-17(14(3)27)26(31(28,29)15-8-6-5-7-9-15)21(16)24-20(23-19)18-11-10-13(2)30-18;1-11-8-9-16(28-11)18-21-17(23-20)14-10-15(12(2)25)24(19(14)22-18)29(26,27)13-6-4-3-5-7-13;2*1-2-3/h4-12H,1-3H3,(H,23,24,25);3-10H,20H2,1-2H3,(H,21,22,23);3H,2H2,1H3;2H,1H3/b22-4+;;;. The van der Waals surface area contributed by atoms with Gasteiger partial charge in [-0.2, -0.15) is 5.10 Å². The van der Waals surface area contributed by atoms with Crippen LogP contribution in [0.15, 0.2) is 121 Å². The van der Waals surface area contributed by atoms with Crippen LogP contribution < -0.4 is 16.7 Å². The first-order chi connectivity index (χ1) is 31.5. The molecule has 0 aliphatic rings. The van der Waals surface area contributed by atoms with Gasteiger partial charge in [-0.25, -0.2) is 50.6 Å². The molecule has 0 unspecified atom stereocenters. The fourth-order valence-corrected chi connectivity index (χ4v) is 9.17. The summed E-state index contributed by atoms with van der Waals surface area (Å²) in [5.74, 6) is 7.44. The molecule has 8 aromatic rings. The third kappa shape index (κ3) is 10.5. The number of hydrogen-bond donors (Lipinski definition) is 4. The lowest BCUT2D eigenvalue weighted by Crippen LogP contribution is -2.18. The van der Waals surface area contributed by atoms with E-state index in [-0.39, 0.29) is 62.4 Å². The van der Waals surface area contributed by atoms with Crippen molar-refractivity contribution in [3.8, 4) is 23.2 Å². The summed E-state index contributed by atoms with van der Waals surface area (Å²) < 4.78 is 66.8. The minimum Gasteiger partial charge on any atom is -0.458 e. The number of anilines is 2. The van der Waals surface area contributed by atoms with Crippen LogP contribution in [0.2, 0.25) is 0 Å². The van der Waals surface area contributed by atoms with E-state index in [1.54, 1.807) is 88.4 Å². The van der Waals surface area contributed by atoms with Gasteiger partial charge >= 0.3 is 0 Å². The molecule has 8 rings (SSSR count). The van der Waals surface area contributed by atoms with E-state index in [0.29, 0.717) is 33.8 Å². The van der Waals surface area contributed by atoms with Crippen molar-refractivity contribution in [3.63, 3.8) is 0 Å². The molecule has 0 bridgehead atoms. The minimum atomic E-state index is -4.12. The fourth-order valence-electron chi connectivity index (χ4n) is 6.13. The molecule has 66 heavy (non-hydrogen) atoms. The number of hydrazine groups is 1. The number of hydrogen-bond acceptors (Lipinski definition) is 18. The Hall–Kier alpha value is -7.66. The molecule has 0 aliphatic carbocycles. The van der Waals surface area contributed by atoms with Gasteiger partial charge in [0.15, 0.2) is 57.7 Å². The van der Waals surface area contributed by atoms with Crippen molar-refractivity contribution in [1.29, 1.82) is 0 Å². The molecule has 0 saturated carbocycles. The number of aldehydes is 1. The highest BCUT2D eigenvalue weighted by Gasteiger charge is 2.30. The zero-order valence-corrected chi connectivity index (χ0v) is 38.4. The van der Waals surface area contributed by atoms with Gasteiger partial charge in [0.05, 0.1) is 20.6 Å². The van der Waals surface area contributed by atoms with E-state index in [0.717, 1.165) is 14.2 Å². The number of hydrazone groups is 1. The molecule has 0 spiro atoms. The first kappa shape index (κ1) is 49.4. The van der Waals surface area contributed by atoms with Crippen LogP contribution in [-0.2, 0) is 24.8 Å². The summed E-state index contributed by atoms with van der Waals surface area (Å²) in [6, 6.07) is 25.4. The van der Waals surface area contributed by atoms with Crippen molar-refractivity contribution in [2.75, 3.05) is 17.5 Å². The number of rotatable bonds is 11. The molecule has 22 heteroatoms. The van der Waals surface area contributed by atoms with Gasteiger partial charge in [-0.05, 0) is 95.3 Å². The Morgan fingerprint density at radius 1 is 0.697 bits per heavy atom. The molecule has 0 atom stereocenters. The molecule has 6 heterocycles. The first-order valence-corrected chi connectivity index (χ1v) is 22.7. The summed E-state index contributed by atoms with van der Waals surface area (Å²) in [5.41, 5.74) is 5.20. The normalized spacial score (nSPS) is 11.2. The average Bonchev–Trinajstić information content (AvgIpc) is 4.12. The van der Waals surface area contributed by atoms with E-state index in [1.807, 2.05) is 0 Å². The quantitative estimate of drug-likeness (QED) is 0.0341. The number of aryl methyl sites for hydroxylation is 2. The summed E-state index contributed by atoms with van der Waals surface area (Å²) in [5, 5.41) is 12.2. The number of furan rings is 2. The van der Waals surface area contributed by atoms with Gasteiger partial charge in [0.2, 0.25) is 0 Å². The van der Waals surface area contributed by atoms with Crippen LogP contribution in [0, 0.1) is 13.8 Å². The molecule has 2 aromatic carbocycles. The van der Waals surface area contributed by atoms with E-state index in [4.69, 9.17) is 24.6 Å². The number of ketones is 2.